The van der Waals surface area contributed by atoms with Crippen LogP contribution in [0.4, 0.5) is 0 Å². The first kappa shape index (κ1) is 20.2. The van der Waals surface area contributed by atoms with E-state index in [0.717, 1.165) is 0 Å². The van der Waals surface area contributed by atoms with Gasteiger partial charge in [-0.1, -0.05) is 12.1 Å². The maximum absolute atomic E-state index is 13.3. The average molecular weight is 442 g/mol. The van der Waals surface area contributed by atoms with Gasteiger partial charge in [0.1, 0.15) is 0 Å². The molecule has 3 heterocycles. The highest BCUT2D eigenvalue weighted by Gasteiger charge is 2.35. The fourth-order valence-electron chi connectivity index (χ4n) is 4.22. The summed E-state index contributed by atoms with van der Waals surface area (Å²) in [5.41, 5.74) is 1.78. The minimum absolute atomic E-state index is 0.109. The zero-order chi connectivity index (χ0) is 21.6. The topological polar surface area (TPSA) is 93.2 Å². The van der Waals surface area contributed by atoms with Gasteiger partial charge in [-0.3, -0.25) is 9.59 Å². The highest BCUT2D eigenvalue weighted by Crippen LogP contribution is 2.44. The Balaban J connectivity index is 1.48. The number of sulfone groups is 1. The summed E-state index contributed by atoms with van der Waals surface area (Å²) in [6, 6.07) is 9.58. The van der Waals surface area contributed by atoms with Crippen molar-refractivity contribution in [1.82, 2.24) is 9.80 Å². The van der Waals surface area contributed by atoms with Crippen LogP contribution < -0.4 is 0 Å². The van der Waals surface area contributed by atoms with Gasteiger partial charge in [0.2, 0.25) is 9.84 Å². The van der Waals surface area contributed by atoms with Crippen molar-refractivity contribution < 1.29 is 27.5 Å². The fourth-order valence-corrected chi connectivity index (χ4v) is 5.95. The van der Waals surface area contributed by atoms with E-state index < -0.39 is 9.84 Å². The molecule has 162 valence electrons. The highest BCUT2D eigenvalue weighted by atomic mass is 32.2. The van der Waals surface area contributed by atoms with Crippen LogP contribution in [-0.4, -0.2) is 82.6 Å². The molecule has 2 saturated heterocycles. The molecule has 0 atom stereocenters. The van der Waals surface area contributed by atoms with Crippen molar-refractivity contribution >= 4 is 21.7 Å². The molecule has 0 aromatic heterocycles. The summed E-state index contributed by atoms with van der Waals surface area (Å²) in [5, 5.41) is 0. The number of fused-ring (bicyclic) bond motifs is 3. The van der Waals surface area contributed by atoms with E-state index in [1.54, 1.807) is 34.1 Å². The summed E-state index contributed by atoms with van der Waals surface area (Å²) in [6.07, 6.45) is 0. The summed E-state index contributed by atoms with van der Waals surface area (Å²) in [4.78, 5) is 29.2. The molecule has 0 bridgehead atoms. The lowest BCUT2D eigenvalue weighted by Crippen LogP contribution is -2.40. The normalized spacial score (nSPS) is 19.6. The molecule has 2 amide bonds. The second-order valence-corrected chi connectivity index (χ2v) is 9.62. The van der Waals surface area contributed by atoms with Gasteiger partial charge in [0.05, 0.1) is 36.2 Å². The summed E-state index contributed by atoms with van der Waals surface area (Å²) in [5.74, 6) is -0.416. The number of carbonyl (C=O) groups excluding carboxylic acids is 2. The molecule has 5 rings (SSSR count). The Morgan fingerprint density at radius 2 is 1.06 bits per heavy atom. The van der Waals surface area contributed by atoms with Gasteiger partial charge < -0.3 is 19.3 Å². The molecule has 2 aromatic rings. The Kier molecular flexibility index (Phi) is 5.04. The lowest BCUT2D eigenvalue weighted by atomic mass is 10.0. The molecule has 0 aliphatic carbocycles. The first-order valence-electron chi connectivity index (χ1n) is 10.2. The number of carbonyl (C=O) groups is 2. The third-order valence-electron chi connectivity index (χ3n) is 5.92. The fraction of sp³-hybridized carbons (Fsp3) is 0.364. The molecule has 3 aliphatic heterocycles. The summed E-state index contributed by atoms with van der Waals surface area (Å²) in [7, 11) is -3.83. The molecular formula is C22H22N2O6S. The molecule has 0 N–H and O–H groups in total. The maximum Gasteiger partial charge on any atom is 0.254 e. The molecule has 9 heteroatoms. The van der Waals surface area contributed by atoms with Crippen LogP contribution in [0.25, 0.3) is 11.1 Å². The minimum atomic E-state index is -3.83. The van der Waals surface area contributed by atoms with Crippen molar-refractivity contribution in [3.8, 4) is 11.1 Å². The number of benzene rings is 2. The lowest BCUT2D eigenvalue weighted by molar-refractivity contribution is 0.0301. The van der Waals surface area contributed by atoms with Gasteiger partial charge in [-0.25, -0.2) is 8.42 Å². The molecule has 0 unspecified atom stereocenters. The number of morpholine rings is 2. The molecule has 0 radical (unpaired) electrons. The molecule has 3 aliphatic rings. The molecule has 31 heavy (non-hydrogen) atoms. The number of hydrogen-bond donors (Lipinski definition) is 0. The third kappa shape index (κ3) is 3.42. The lowest BCUT2D eigenvalue weighted by Gasteiger charge is -2.27. The summed E-state index contributed by atoms with van der Waals surface area (Å²) >= 11 is 0. The van der Waals surface area contributed by atoms with Crippen LogP contribution in [0.3, 0.4) is 0 Å². The Hall–Kier alpha value is -2.75. The second kappa shape index (κ2) is 7.74. The molecule has 0 saturated carbocycles. The molecule has 8 nitrogen and oxygen atoms in total. The third-order valence-corrected chi connectivity index (χ3v) is 7.76. The van der Waals surface area contributed by atoms with E-state index in [9.17, 15) is 18.0 Å². The van der Waals surface area contributed by atoms with Crippen molar-refractivity contribution in [3.63, 3.8) is 0 Å². The van der Waals surface area contributed by atoms with Crippen LogP contribution in [0, 0.1) is 0 Å². The largest absolute Gasteiger partial charge is 0.378 e. The Labute approximate surface area is 180 Å². The van der Waals surface area contributed by atoms with Crippen LogP contribution in [-0.2, 0) is 19.3 Å². The van der Waals surface area contributed by atoms with Crippen molar-refractivity contribution in [3.05, 3.63) is 47.5 Å². The highest BCUT2D eigenvalue weighted by molar-refractivity contribution is 7.92. The minimum Gasteiger partial charge on any atom is -0.378 e. The van der Waals surface area contributed by atoms with Crippen molar-refractivity contribution in [2.75, 3.05) is 52.6 Å². The standard InChI is InChI=1S/C22H22N2O6S/c25-21(23-5-9-29-10-6-23)15-1-3-17-18-4-2-16(22(26)24-7-11-30-12-8-24)14-20(18)31(27,28)19(17)13-15/h1-4,13-14H,5-12H2. The first-order valence-corrected chi connectivity index (χ1v) is 11.7. The zero-order valence-electron chi connectivity index (χ0n) is 16.9. The van der Waals surface area contributed by atoms with Gasteiger partial charge >= 0.3 is 0 Å². The monoisotopic (exact) mass is 442 g/mol. The first-order chi connectivity index (χ1) is 15.0. The van der Waals surface area contributed by atoms with Gasteiger partial charge in [0.15, 0.2) is 0 Å². The maximum atomic E-state index is 13.3. The van der Waals surface area contributed by atoms with E-state index >= 15 is 0 Å². The Bertz CT molecular complexity index is 1080. The van der Waals surface area contributed by atoms with Crippen LogP contribution in [0.1, 0.15) is 20.7 Å². The van der Waals surface area contributed by atoms with E-state index in [4.69, 9.17) is 9.47 Å². The number of amides is 2. The Morgan fingerprint density at radius 3 is 1.45 bits per heavy atom. The van der Waals surface area contributed by atoms with Crippen molar-refractivity contribution in [2.45, 2.75) is 9.79 Å². The van der Waals surface area contributed by atoms with E-state index in [2.05, 4.69) is 0 Å². The van der Waals surface area contributed by atoms with Crippen LogP contribution in [0.5, 0.6) is 0 Å². The van der Waals surface area contributed by atoms with Gasteiger partial charge in [-0.15, -0.1) is 0 Å². The van der Waals surface area contributed by atoms with Gasteiger partial charge in [-0.2, -0.15) is 0 Å². The number of nitrogens with zero attached hydrogens (tertiary/aromatic N) is 2. The van der Waals surface area contributed by atoms with Crippen molar-refractivity contribution in [2.24, 2.45) is 0 Å². The predicted molar refractivity (Wildman–Crippen MR) is 111 cm³/mol. The molecule has 2 aromatic carbocycles. The van der Waals surface area contributed by atoms with E-state index in [0.29, 0.717) is 74.9 Å². The SMILES string of the molecule is O=C(c1ccc2c(c1)S(=O)(=O)c1cc(C(=O)N3CCOCC3)ccc1-2)N1CCOCC1. The zero-order valence-corrected chi connectivity index (χ0v) is 17.7. The van der Waals surface area contributed by atoms with Crippen LogP contribution >= 0.6 is 0 Å². The van der Waals surface area contributed by atoms with E-state index in [1.807, 2.05) is 0 Å². The van der Waals surface area contributed by atoms with E-state index in [-0.39, 0.29) is 21.6 Å². The second-order valence-electron chi connectivity index (χ2n) is 7.73. The van der Waals surface area contributed by atoms with Crippen molar-refractivity contribution in [1.29, 1.82) is 0 Å². The molecule has 0 spiro atoms. The number of ether oxygens (including phenoxy) is 2. The van der Waals surface area contributed by atoms with Crippen LogP contribution in [0.2, 0.25) is 0 Å². The predicted octanol–water partition coefficient (Wildman–Crippen LogP) is 1.44. The quantitative estimate of drug-likeness (QED) is 0.596. The summed E-state index contributed by atoms with van der Waals surface area (Å²) < 4.78 is 37.1. The number of hydrogen-bond acceptors (Lipinski definition) is 6. The van der Waals surface area contributed by atoms with E-state index in [1.165, 1.54) is 12.1 Å². The molecule has 2 fully saturated rings. The van der Waals surface area contributed by atoms with Crippen LogP contribution in [0.15, 0.2) is 46.2 Å². The summed E-state index contributed by atoms with van der Waals surface area (Å²) in [6.45, 7) is 3.82. The van der Waals surface area contributed by atoms with Gasteiger partial charge in [-0.05, 0) is 24.3 Å². The van der Waals surface area contributed by atoms with Gasteiger partial charge in [0, 0.05) is 48.4 Å². The van der Waals surface area contributed by atoms with Gasteiger partial charge in [0.25, 0.3) is 11.8 Å². The smallest absolute Gasteiger partial charge is 0.254 e. The average Bonchev–Trinajstić information content (AvgIpc) is 3.05. The number of rotatable bonds is 2. The Morgan fingerprint density at radius 1 is 0.677 bits per heavy atom. The molecular weight excluding hydrogens is 420 g/mol.